The number of thioether (sulfide) groups is 1. The lowest BCUT2D eigenvalue weighted by Crippen LogP contribution is -2.00. The Bertz CT molecular complexity index is 333. The maximum absolute atomic E-state index is 10.4. The summed E-state index contributed by atoms with van der Waals surface area (Å²) < 4.78 is 0. The molecular weight excluding hydrogens is 180 g/mol. The molecule has 1 atom stereocenters. The van der Waals surface area contributed by atoms with Crippen LogP contribution in [0.15, 0.2) is 23.1 Å². The van der Waals surface area contributed by atoms with Gasteiger partial charge in [0.15, 0.2) is 0 Å². The zero-order valence-corrected chi connectivity index (χ0v) is 8.43. The van der Waals surface area contributed by atoms with E-state index in [2.05, 4.69) is 25.1 Å². The molecule has 0 fully saturated rings. The van der Waals surface area contributed by atoms with Gasteiger partial charge in [0.25, 0.3) is 0 Å². The van der Waals surface area contributed by atoms with Crippen molar-refractivity contribution in [3.05, 3.63) is 29.3 Å². The molecule has 1 aromatic carbocycles. The predicted molar refractivity (Wildman–Crippen MR) is 55.2 cm³/mol. The first kappa shape index (κ1) is 8.82. The van der Waals surface area contributed by atoms with Crippen LogP contribution >= 0.6 is 11.8 Å². The van der Waals surface area contributed by atoms with E-state index >= 15 is 0 Å². The van der Waals surface area contributed by atoms with E-state index < -0.39 is 0 Å². The van der Waals surface area contributed by atoms with Gasteiger partial charge in [-0.2, -0.15) is 0 Å². The van der Waals surface area contributed by atoms with E-state index in [4.69, 9.17) is 0 Å². The van der Waals surface area contributed by atoms with Crippen LogP contribution in [0, 0.1) is 6.92 Å². The first-order valence-corrected chi connectivity index (χ1v) is 5.37. The molecule has 0 spiro atoms. The van der Waals surface area contributed by atoms with Crippen molar-refractivity contribution in [1.29, 1.82) is 0 Å². The van der Waals surface area contributed by atoms with Gasteiger partial charge in [-0.25, -0.2) is 0 Å². The van der Waals surface area contributed by atoms with E-state index in [1.165, 1.54) is 16.0 Å². The Morgan fingerprint density at radius 3 is 3.23 bits per heavy atom. The fraction of sp³-hybridized carbons (Fsp3) is 0.364. The van der Waals surface area contributed by atoms with Gasteiger partial charge in [-0.1, -0.05) is 17.7 Å². The molecular formula is C11H12OS. The lowest BCUT2D eigenvalue weighted by molar-refractivity contribution is -0.107. The maximum atomic E-state index is 10.4. The average Bonchev–Trinajstić information content (AvgIpc) is 2.46. The molecule has 1 heterocycles. The molecule has 0 aliphatic carbocycles. The van der Waals surface area contributed by atoms with Crippen LogP contribution < -0.4 is 0 Å². The fourth-order valence-electron chi connectivity index (χ4n) is 1.69. The second-order valence-electron chi connectivity index (χ2n) is 3.46. The van der Waals surface area contributed by atoms with Gasteiger partial charge >= 0.3 is 0 Å². The highest BCUT2D eigenvalue weighted by atomic mass is 32.2. The summed E-state index contributed by atoms with van der Waals surface area (Å²) in [5, 5.41) is 0.481. The number of rotatable bonds is 2. The van der Waals surface area contributed by atoms with Gasteiger partial charge < -0.3 is 4.79 Å². The molecule has 1 aliphatic rings. The van der Waals surface area contributed by atoms with Crippen molar-refractivity contribution >= 4 is 18.0 Å². The first-order valence-electron chi connectivity index (χ1n) is 4.49. The van der Waals surface area contributed by atoms with Crippen molar-refractivity contribution in [1.82, 2.24) is 0 Å². The number of hydrogen-bond donors (Lipinski definition) is 0. The summed E-state index contributed by atoms with van der Waals surface area (Å²) in [5.41, 5.74) is 2.72. The van der Waals surface area contributed by atoms with Gasteiger partial charge in [-0.15, -0.1) is 11.8 Å². The average molecular weight is 192 g/mol. The van der Waals surface area contributed by atoms with Crippen LogP contribution in [0.25, 0.3) is 0 Å². The smallest absolute Gasteiger partial charge is 0.121 e. The Balaban J connectivity index is 2.20. The van der Waals surface area contributed by atoms with Crippen molar-refractivity contribution < 1.29 is 4.79 Å². The molecule has 1 nitrogen and oxygen atoms in total. The molecule has 0 aromatic heterocycles. The van der Waals surface area contributed by atoms with Crippen LogP contribution in [0.3, 0.4) is 0 Å². The molecule has 0 radical (unpaired) electrons. The second-order valence-corrected chi connectivity index (χ2v) is 4.80. The highest BCUT2D eigenvalue weighted by Crippen LogP contribution is 2.38. The molecule has 2 rings (SSSR count). The van der Waals surface area contributed by atoms with Crippen LogP contribution in [0.1, 0.15) is 17.5 Å². The van der Waals surface area contributed by atoms with E-state index in [1.807, 2.05) is 11.8 Å². The third-order valence-corrected chi connectivity index (χ3v) is 3.66. The fourth-order valence-corrected chi connectivity index (χ4v) is 2.93. The van der Waals surface area contributed by atoms with Crippen LogP contribution in [-0.4, -0.2) is 11.5 Å². The summed E-state index contributed by atoms with van der Waals surface area (Å²) in [7, 11) is 0. The number of benzene rings is 1. The van der Waals surface area contributed by atoms with Gasteiger partial charge in [0.2, 0.25) is 0 Å². The first-order chi connectivity index (χ1) is 6.29. The maximum Gasteiger partial charge on any atom is 0.121 e. The van der Waals surface area contributed by atoms with Crippen LogP contribution in [0.4, 0.5) is 0 Å². The van der Waals surface area contributed by atoms with Gasteiger partial charge in [0, 0.05) is 16.6 Å². The van der Waals surface area contributed by atoms with Crippen molar-refractivity contribution in [2.45, 2.75) is 29.9 Å². The van der Waals surface area contributed by atoms with Gasteiger partial charge in [0.05, 0.1) is 0 Å². The zero-order chi connectivity index (χ0) is 9.26. The summed E-state index contributed by atoms with van der Waals surface area (Å²) in [6.45, 7) is 2.11. The molecule has 1 aromatic rings. The predicted octanol–water partition coefficient (Wildman–Crippen LogP) is 2.60. The third kappa shape index (κ3) is 1.78. The van der Waals surface area contributed by atoms with Crippen molar-refractivity contribution in [3.8, 4) is 0 Å². The standard InChI is InChI=1S/C11H12OS/c1-8-2-3-11-9(6-8)7-10(13-11)4-5-12/h2-3,5-6,10H,4,7H2,1H3. The van der Waals surface area contributed by atoms with Crippen molar-refractivity contribution in [2.24, 2.45) is 0 Å². The van der Waals surface area contributed by atoms with E-state index in [1.54, 1.807) is 0 Å². The molecule has 68 valence electrons. The monoisotopic (exact) mass is 192 g/mol. The van der Waals surface area contributed by atoms with Crippen molar-refractivity contribution in [2.75, 3.05) is 0 Å². The van der Waals surface area contributed by atoms with Crippen molar-refractivity contribution in [3.63, 3.8) is 0 Å². The molecule has 2 heteroatoms. The number of carbonyl (C=O) groups excluding carboxylic acids is 1. The normalized spacial score (nSPS) is 19.9. The number of fused-ring (bicyclic) bond motifs is 1. The molecule has 0 N–H and O–H groups in total. The molecule has 1 aliphatic heterocycles. The summed E-state index contributed by atoms with van der Waals surface area (Å²) in [5.74, 6) is 0. The highest BCUT2D eigenvalue weighted by Gasteiger charge is 2.21. The third-order valence-electron chi connectivity index (χ3n) is 2.32. The quantitative estimate of drug-likeness (QED) is 0.670. The Labute approximate surface area is 82.5 Å². The van der Waals surface area contributed by atoms with E-state index in [-0.39, 0.29) is 0 Å². The number of hydrogen-bond acceptors (Lipinski definition) is 2. The van der Waals surface area contributed by atoms with E-state index in [0.29, 0.717) is 11.7 Å². The minimum Gasteiger partial charge on any atom is -0.303 e. The second kappa shape index (κ2) is 3.54. The zero-order valence-electron chi connectivity index (χ0n) is 7.62. The highest BCUT2D eigenvalue weighted by molar-refractivity contribution is 8.00. The van der Waals surface area contributed by atoms with E-state index in [0.717, 1.165) is 12.7 Å². The van der Waals surface area contributed by atoms with E-state index in [9.17, 15) is 4.79 Å². The number of carbonyl (C=O) groups is 1. The Morgan fingerprint density at radius 2 is 2.46 bits per heavy atom. The van der Waals surface area contributed by atoms with Gasteiger partial charge in [0.1, 0.15) is 6.29 Å². The summed E-state index contributed by atoms with van der Waals surface area (Å²) in [6, 6.07) is 6.53. The molecule has 0 saturated carbocycles. The van der Waals surface area contributed by atoms with Crippen LogP contribution in [0.5, 0.6) is 0 Å². The summed E-state index contributed by atoms with van der Waals surface area (Å²) in [4.78, 5) is 11.7. The lowest BCUT2D eigenvalue weighted by atomic mass is 10.1. The van der Waals surface area contributed by atoms with Crippen LogP contribution in [0.2, 0.25) is 0 Å². The van der Waals surface area contributed by atoms with Gasteiger partial charge in [-0.05, 0) is 25.0 Å². The minimum absolute atomic E-state index is 0.481. The molecule has 0 bridgehead atoms. The largest absolute Gasteiger partial charge is 0.303 e. The molecule has 13 heavy (non-hydrogen) atoms. The molecule has 1 unspecified atom stereocenters. The summed E-state index contributed by atoms with van der Waals surface area (Å²) >= 11 is 1.84. The minimum atomic E-state index is 0.481. The Morgan fingerprint density at radius 1 is 1.62 bits per heavy atom. The SMILES string of the molecule is Cc1ccc2c(c1)CC(CC=O)S2. The Kier molecular flexibility index (Phi) is 2.40. The summed E-state index contributed by atoms with van der Waals surface area (Å²) in [6.07, 6.45) is 2.76. The number of aryl methyl sites for hydroxylation is 1. The lowest BCUT2D eigenvalue weighted by Gasteiger charge is -1.99. The van der Waals surface area contributed by atoms with Gasteiger partial charge in [-0.3, -0.25) is 0 Å². The topological polar surface area (TPSA) is 17.1 Å². The Hall–Kier alpha value is -0.760. The molecule has 0 amide bonds. The number of aldehydes is 1. The molecule has 0 saturated heterocycles. The van der Waals surface area contributed by atoms with Crippen LogP contribution in [-0.2, 0) is 11.2 Å².